The van der Waals surface area contributed by atoms with Crippen LogP contribution in [0.25, 0.3) is 10.9 Å². The van der Waals surface area contributed by atoms with Gasteiger partial charge < -0.3 is 31.2 Å². The van der Waals surface area contributed by atoms with Crippen LogP contribution in [0.15, 0.2) is 48.7 Å². The van der Waals surface area contributed by atoms with Gasteiger partial charge in [0.25, 0.3) is 0 Å². The molecule has 4 rings (SSSR count). The molecule has 9 nitrogen and oxygen atoms in total. The molecule has 12 heteroatoms. The Morgan fingerprint density at radius 1 is 1.22 bits per heavy atom. The van der Waals surface area contributed by atoms with E-state index in [2.05, 4.69) is 11.1 Å². The van der Waals surface area contributed by atoms with E-state index in [0.29, 0.717) is 36.6 Å². The summed E-state index contributed by atoms with van der Waals surface area (Å²) in [5.74, 6) is -1.55. The first-order valence-corrected chi connectivity index (χ1v) is 10.9. The van der Waals surface area contributed by atoms with E-state index in [9.17, 15) is 23.2 Å². The third kappa shape index (κ3) is 6.45. The zero-order valence-corrected chi connectivity index (χ0v) is 19.0. The van der Waals surface area contributed by atoms with Crippen LogP contribution in [0.4, 0.5) is 18.9 Å². The number of nitrogens with zero attached hydrogens (tertiary/aromatic N) is 2. The molecule has 1 saturated heterocycles. The van der Waals surface area contributed by atoms with Gasteiger partial charge in [0.05, 0.1) is 12.1 Å². The average molecular weight is 503 g/mol. The zero-order valence-electron chi connectivity index (χ0n) is 19.0. The van der Waals surface area contributed by atoms with Crippen molar-refractivity contribution < 1.29 is 32.6 Å². The summed E-state index contributed by atoms with van der Waals surface area (Å²) in [5.41, 5.74) is 14.5. The molecule has 1 aromatic heterocycles. The zero-order chi connectivity index (χ0) is 26.5. The third-order valence-electron chi connectivity index (χ3n) is 5.54. The van der Waals surface area contributed by atoms with Crippen LogP contribution >= 0.6 is 0 Å². The Bertz CT molecular complexity index is 1270. The number of H-pyrrole nitrogens is 1. The first-order valence-electron chi connectivity index (χ1n) is 10.9. The van der Waals surface area contributed by atoms with Crippen LogP contribution in [0.2, 0.25) is 0 Å². The number of carboxylic acid groups (broad SMARTS) is 1. The van der Waals surface area contributed by atoms with Crippen molar-refractivity contribution in [1.82, 2.24) is 9.88 Å². The van der Waals surface area contributed by atoms with Gasteiger partial charge in [0.2, 0.25) is 5.91 Å². The average Bonchev–Trinajstić information content (AvgIpc) is 3.47. The number of carbonyl (C=O) groups is 2. The number of hydrogen-bond donors (Lipinski definition) is 4. The number of alkyl halides is 3. The summed E-state index contributed by atoms with van der Waals surface area (Å²) in [6.45, 7) is 0.595. The molecule has 2 aromatic carbocycles. The molecule has 190 valence electrons. The number of anilines is 1. The Labute approximate surface area is 204 Å². The number of rotatable bonds is 5. The van der Waals surface area contributed by atoms with E-state index in [4.69, 9.17) is 26.1 Å². The second kappa shape index (κ2) is 11.0. The molecule has 6 N–H and O–H groups in total. The Morgan fingerprint density at radius 3 is 2.47 bits per heavy atom. The quantitative estimate of drug-likeness (QED) is 0.388. The molecule has 0 aliphatic carbocycles. The number of aromatic amines is 1. The molecule has 1 aliphatic heterocycles. The summed E-state index contributed by atoms with van der Waals surface area (Å²) >= 11 is 0. The Hall–Kier alpha value is -4.24. The fourth-order valence-electron chi connectivity index (χ4n) is 3.76. The first-order chi connectivity index (χ1) is 17.0. The van der Waals surface area contributed by atoms with Crippen molar-refractivity contribution in [2.45, 2.75) is 37.5 Å². The van der Waals surface area contributed by atoms with Crippen LogP contribution in [0.5, 0.6) is 11.5 Å². The minimum absolute atomic E-state index is 0.169. The van der Waals surface area contributed by atoms with Crippen LogP contribution < -0.4 is 16.2 Å². The molecule has 1 aliphatic rings. The van der Waals surface area contributed by atoms with Gasteiger partial charge in [-0.1, -0.05) is 0 Å². The number of amides is 1. The number of carbonyl (C=O) groups excluding carboxylic acids is 1. The molecule has 2 heterocycles. The lowest BCUT2D eigenvalue weighted by atomic mass is 10.0. The molecule has 36 heavy (non-hydrogen) atoms. The SMILES string of the molecule is N#C[C@@H]1CCCN1C(=O)[C@@H](N)Cc1c[nH]c2ccc(Oc3ccc(N)cc3)cc12.O=C(O)C(F)(F)F. The lowest BCUT2D eigenvalue weighted by Crippen LogP contribution is -2.46. The number of halogens is 3. The van der Waals surface area contributed by atoms with Crippen LogP contribution in [-0.2, 0) is 16.0 Å². The van der Waals surface area contributed by atoms with Gasteiger partial charge >= 0.3 is 12.1 Å². The van der Waals surface area contributed by atoms with Crippen molar-refractivity contribution in [3.63, 3.8) is 0 Å². The second-order valence-corrected chi connectivity index (χ2v) is 8.12. The predicted octanol–water partition coefficient (Wildman–Crippen LogP) is 3.56. The van der Waals surface area contributed by atoms with Crippen LogP contribution in [0.3, 0.4) is 0 Å². The van der Waals surface area contributed by atoms with E-state index in [1.807, 2.05) is 36.5 Å². The minimum Gasteiger partial charge on any atom is -0.475 e. The Morgan fingerprint density at radius 2 is 1.86 bits per heavy atom. The van der Waals surface area contributed by atoms with E-state index in [-0.39, 0.29) is 11.9 Å². The topological polar surface area (TPSA) is 158 Å². The number of ether oxygens (including phenoxy) is 1. The number of nitrogen functional groups attached to an aromatic ring is 1. The van der Waals surface area contributed by atoms with Gasteiger partial charge in [-0.25, -0.2) is 4.79 Å². The van der Waals surface area contributed by atoms with E-state index in [1.54, 1.807) is 17.0 Å². The normalized spacial score (nSPS) is 16.1. The number of nitrogens with one attached hydrogen (secondary N) is 1. The third-order valence-corrected chi connectivity index (χ3v) is 5.54. The number of nitrogens with two attached hydrogens (primary N) is 2. The molecule has 0 bridgehead atoms. The van der Waals surface area contributed by atoms with Crippen molar-refractivity contribution in [3.8, 4) is 17.6 Å². The van der Waals surface area contributed by atoms with Gasteiger partial charge in [-0.05, 0) is 67.3 Å². The van der Waals surface area contributed by atoms with E-state index in [0.717, 1.165) is 22.9 Å². The number of aliphatic carboxylic acids is 1. The highest BCUT2D eigenvalue weighted by Gasteiger charge is 2.38. The number of fused-ring (bicyclic) bond motifs is 1. The molecule has 1 amide bonds. The number of nitriles is 1. The highest BCUT2D eigenvalue weighted by atomic mass is 19.4. The van der Waals surface area contributed by atoms with Gasteiger partial charge in [-0.3, -0.25) is 4.79 Å². The molecule has 1 fully saturated rings. The summed E-state index contributed by atoms with van der Waals surface area (Å²) in [6.07, 6.45) is -1.27. The maximum atomic E-state index is 12.7. The maximum absolute atomic E-state index is 12.7. The lowest BCUT2D eigenvalue weighted by molar-refractivity contribution is -0.192. The number of hydrogen-bond acceptors (Lipinski definition) is 6. The summed E-state index contributed by atoms with van der Waals surface area (Å²) in [6, 6.07) is 14.1. The van der Waals surface area contributed by atoms with E-state index >= 15 is 0 Å². The van der Waals surface area contributed by atoms with E-state index < -0.39 is 18.2 Å². The monoisotopic (exact) mass is 503 g/mol. The van der Waals surface area contributed by atoms with Crippen LogP contribution in [0.1, 0.15) is 18.4 Å². The molecule has 2 atom stereocenters. The minimum atomic E-state index is -5.08. The lowest BCUT2D eigenvalue weighted by Gasteiger charge is -2.23. The van der Waals surface area contributed by atoms with Gasteiger partial charge in [-0.2, -0.15) is 18.4 Å². The smallest absolute Gasteiger partial charge is 0.475 e. The number of aromatic nitrogens is 1. The number of benzene rings is 2. The molecule has 3 aromatic rings. The molecule has 0 spiro atoms. The summed E-state index contributed by atoms with van der Waals surface area (Å²) < 4.78 is 37.7. The molecular weight excluding hydrogens is 479 g/mol. The number of carboxylic acids is 1. The Balaban J connectivity index is 0.000000454. The summed E-state index contributed by atoms with van der Waals surface area (Å²) in [4.78, 5) is 26.4. The van der Waals surface area contributed by atoms with Crippen molar-refractivity contribution >= 4 is 28.5 Å². The summed E-state index contributed by atoms with van der Waals surface area (Å²) in [5, 5.41) is 17.3. The van der Waals surface area contributed by atoms with E-state index in [1.165, 1.54) is 0 Å². The molecule has 0 saturated carbocycles. The molecule has 0 radical (unpaired) electrons. The molecular formula is C24H24F3N5O4. The fraction of sp³-hybridized carbons (Fsp3) is 0.292. The predicted molar refractivity (Wildman–Crippen MR) is 125 cm³/mol. The van der Waals surface area contributed by atoms with Crippen LogP contribution in [-0.4, -0.2) is 51.7 Å². The molecule has 0 unspecified atom stereocenters. The van der Waals surface area contributed by atoms with Gasteiger partial charge in [-0.15, -0.1) is 0 Å². The maximum Gasteiger partial charge on any atom is 0.490 e. The fourth-order valence-corrected chi connectivity index (χ4v) is 3.76. The van der Waals surface area contributed by atoms with Gasteiger partial charge in [0.15, 0.2) is 0 Å². The highest BCUT2D eigenvalue weighted by Crippen LogP contribution is 2.29. The number of likely N-dealkylation sites (tertiary alicyclic amines) is 1. The highest BCUT2D eigenvalue weighted by molar-refractivity contribution is 5.87. The Kier molecular flexibility index (Phi) is 8.06. The van der Waals surface area contributed by atoms with Crippen molar-refractivity contribution in [2.24, 2.45) is 5.73 Å². The van der Waals surface area contributed by atoms with Crippen molar-refractivity contribution in [1.29, 1.82) is 5.26 Å². The van der Waals surface area contributed by atoms with Crippen molar-refractivity contribution in [2.75, 3.05) is 12.3 Å². The van der Waals surface area contributed by atoms with Crippen LogP contribution in [0, 0.1) is 11.3 Å². The second-order valence-electron chi connectivity index (χ2n) is 8.12. The summed E-state index contributed by atoms with van der Waals surface area (Å²) in [7, 11) is 0. The van der Waals surface area contributed by atoms with Crippen molar-refractivity contribution in [3.05, 3.63) is 54.2 Å². The standard InChI is InChI=1S/C22H23N5O2.C2HF3O2/c23-12-16-2-1-9-27(16)22(28)20(25)10-14-13-26-21-8-7-18(11-19(14)21)29-17-5-3-15(24)4-6-17;3-2(4,5)1(6)7/h3-8,11,13,16,20,26H,1-2,9-10,24-25H2;(H,6,7)/t16-,20-;/m0./s1. The van der Waals surface area contributed by atoms with Gasteiger partial charge in [0.1, 0.15) is 17.5 Å². The first kappa shape index (κ1) is 26.4. The largest absolute Gasteiger partial charge is 0.490 e. The van der Waals surface area contributed by atoms with Gasteiger partial charge in [0, 0.05) is 29.3 Å².